The quantitative estimate of drug-likeness (QED) is 0.895. The van der Waals surface area contributed by atoms with Crippen molar-refractivity contribution in [3.63, 3.8) is 0 Å². The SMILES string of the molecule is COc1cc(C(F)(F)F)c(C2CCNCC2)cc1Cl. The van der Waals surface area contributed by atoms with E-state index in [1.165, 1.54) is 13.2 Å². The summed E-state index contributed by atoms with van der Waals surface area (Å²) in [4.78, 5) is 0. The van der Waals surface area contributed by atoms with Gasteiger partial charge in [-0.1, -0.05) is 11.6 Å². The van der Waals surface area contributed by atoms with Crippen LogP contribution in [0, 0.1) is 0 Å². The molecule has 1 aromatic rings. The molecule has 106 valence electrons. The first-order chi connectivity index (χ1) is 8.93. The van der Waals surface area contributed by atoms with E-state index in [0.29, 0.717) is 12.8 Å². The summed E-state index contributed by atoms with van der Waals surface area (Å²) in [6.45, 7) is 1.46. The zero-order valence-corrected chi connectivity index (χ0v) is 11.2. The maximum absolute atomic E-state index is 13.1. The summed E-state index contributed by atoms with van der Waals surface area (Å²) in [5, 5.41) is 3.37. The number of methoxy groups -OCH3 is 1. The third-order valence-corrected chi connectivity index (χ3v) is 3.70. The van der Waals surface area contributed by atoms with E-state index in [9.17, 15) is 13.2 Å². The molecule has 1 aromatic carbocycles. The Balaban J connectivity index is 2.48. The van der Waals surface area contributed by atoms with Crippen molar-refractivity contribution < 1.29 is 17.9 Å². The summed E-state index contributed by atoms with van der Waals surface area (Å²) in [6, 6.07) is 2.40. The lowest BCUT2D eigenvalue weighted by Gasteiger charge is -2.26. The molecule has 0 saturated carbocycles. The molecule has 1 aliphatic heterocycles. The van der Waals surface area contributed by atoms with Gasteiger partial charge in [-0.05, 0) is 49.5 Å². The molecule has 0 amide bonds. The van der Waals surface area contributed by atoms with Gasteiger partial charge in [-0.25, -0.2) is 0 Å². The van der Waals surface area contributed by atoms with Gasteiger partial charge in [0.25, 0.3) is 0 Å². The Morgan fingerprint density at radius 1 is 1.26 bits per heavy atom. The molecule has 6 heteroatoms. The summed E-state index contributed by atoms with van der Waals surface area (Å²) in [6.07, 6.45) is -3.02. The van der Waals surface area contributed by atoms with Gasteiger partial charge in [0.15, 0.2) is 0 Å². The predicted octanol–water partition coefficient (Wildman–Crippen LogP) is 3.83. The molecule has 2 nitrogen and oxygen atoms in total. The highest BCUT2D eigenvalue weighted by molar-refractivity contribution is 6.32. The average molecular weight is 294 g/mol. The van der Waals surface area contributed by atoms with Crippen molar-refractivity contribution >= 4 is 11.6 Å². The molecule has 0 spiro atoms. The van der Waals surface area contributed by atoms with E-state index < -0.39 is 11.7 Å². The summed E-state index contributed by atoms with van der Waals surface area (Å²) in [7, 11) is 1.31. The van der Waals surface area contributed by atoms with Crippen molar-refractivity contribution in [2.75, 3.05) is 20.2 Å². The Hall–Kier alpha value is -0.940. The fraction of sp³-hybridized carbons (Fsp3) is 0.538. The molecule has 19 heavy (non-hydrogen) atoms. The second kappa shape index (κ2) is 5.59. The molecule has 0 bridgehead atoms. The fourth-order valence-corrected chi connectivity index (χ4v) is 2.69. The Morgan fingerprint density at radius 3 is 2.42 bits per heavy atom. The Morgan fingerprint density at radius 2 is 1.89 bits per heavy atom. The standard InChI is InChI=1S/C13H15ClF3NO/c1-19-12-7-10(13(15,16)17)9(6-11(12)14)8-2-4-18-5-3-8/h6-8,18H,2-5H2,1H3. The largest absolute Gasteiger partial charge is 0.495 e. The lowest BCUT2D eigenvalue weighted by Crippen LogP contribution is -2.27. The van der Waals surface area contributed by atoms with E-state index in [2.05, 4.69) is 5.32 Å². The van der Waals surface area contributed by atoms with E-state index in [4.69, 9.17) is 16.3 Å². The number of hydrogen-bond donors (Lipinski definition) is 1. The summed E-state index contributed by atoms with van der Waals surface area (Å²) >= 11 is 5.96. The number of piperidine rings is 1. The molecule has 1 fully saturated rings. The monoisotopic (exact) mass is 293 g/mol. The highest BCUT2D eigenvalue weighted by atomic mass is 35.5. The van der Waals surface area contributed by atoms with Crippen molar-refractivity contribution in [3.8, 4) is 5.75 Å². The number of nitrogens with one attached hydrogen (secondary N) is 1. The van der Waals surface area contributed by atoms with Crippen LogP contribution in [-0.4, -0.2) is 20.2 Å². The van der Waals surface area contributed by atoms with Gasteiger partial charge in [-0.15, -0.1) is 0 Å². The van der Waals surface area contributed by atoms with Gasteiger partial charge in [-0.2, -0.15) is 13.2 Å². The molecular formula is C13H15ClF3NO. The highest BCUT2D eigenvalue weighted by Gasteiger charge is 2.36. The van der Waals surface area contributed by atoms with Gasteiger partial charge in [0.2, 0.25) is 0 Å². The minimum absolute atomic E-state index is 0.0617. The molecule has 0 aromatic heterocycles. The van der Waals surface area contributed by atoms with Crippen LogP contribution in [-0.2, 0) is 6.18 Å². The number of alkyl halides is 3. The number of ether oxygens (including phenoxy) is 1. The van der Waals surface area contributed by atoms with Crippen molar-refractivity contribution in [1.29, 1.82) is 0 Å². The van der Waals surface area contributed by atoms with Crippen molar-refractivity contribution in [1.82, 2.24) is 5.32 Å². The molecule has 0 atom stereocenters. The fourth-order valence-electron chi connectivity index (χ4n) is 2.44. The lowest BCUT2D eigenvalue weighted by molar-refractivity contribution is -0.138. The number of hydrogen-bond acceptors (Lipinski definition) is 2. The summed E-state index contributed by atoms with van der Waals surface area (Å²) in [5.41, 5.74) is -0.361. The topological polar surface area (TPSA) is 21.3 Å². The summed E-state index contributed by atoms with van der Waals surface area (Å²) < 4.78 is 44.3. The first-order valence-corrected chi connectivity index (χ1v) is 6.46. The Labute approximate surface area is 114 Å². The molecule has 2 rings (SSSR count). The highest BCUT2D eigenvalue weighted by Crippen LogP contribution is 2.42. The molecular weight excluding hydrogens is 279 g/mol. The smallest absolute Gasteiger partial charge is 0.416 e. The van der Waals surface area contributed by atoms with Crippen LogP contribution in [0.2, 0.25) is 5.02 Å². The third-order valence-electron chi connectivity index (χ3n) is 3.41. The second-order valence-corrected chi connectivity index (χ2v) is 5.00. The van der Waals surface area contributed by atoms with Gasteiger partial charge in [0.1, 0.15) is 5.75 Å². The normalized spacial score (nSPS) is 17.5. The van der Waals surface area contributed by atoms with E-state index in [1.807, 2.05) is 0 Å². The minimum Gasteiger partial charge on any atom is -0.495 e. The maximum atomic E-state index is 13.1. The third kappa shape index (κ3) is 3.15. The van der Waals surface area contributed by atoms with Gasteiger partial charge < -0.3 is 10.1 Å². The van der Waals surface area contributed by atoms with Gasteiger partial charge in [0, 0.05) is 0 Å². The van der Waals surface area contributed by atoms with Gasteiger partial charge >= 0.3 is 6.18 Å². The van der Waals surface area contributed by atoms with Crippen LogP contribution in [0.1, 0.15) is 29.9 Å². The first-order valence-electron chi connectivity index (χ1n) is 6.09. The van der Waals surface area contributed by atoms with E-state index in [0.717, 1.165) is 19.2 Å². The van der Waals surface area contributed by atoms with Gasteiger partial charge in [0.05, 0.1) is 17.7 Å². The van der Waals surface area contributed by atoms with Crippen LogP contribution in [0.25, 0.3) is 0 Å². The number of rotatable bonds is 2. The molecule has 1 aliphatic rings. The average Bonchev–Trinajstić information content (AvgIpc) is 2.38. The number of benzene rings is 1. The van der Waals surface area contributed by atoms with Crippen LogP contribution in [0.3, 0.4) is 0 Å². The summed E-state index contributed by atoms with van der Waals surface area (Å²) in [5.74, 6) is -0.0482. The first kappa shape index (κ1) is 14.5. The number of halogens is 4. The van der Waals surface area contributed by atoms with Crippen molar-refractivity contribution in [3.05, 3.63) is 28.3 Å². The predicted molar refractivity (Wildman–Crippen MR) is 67.9 cm³/mol. The van der Waals surface area contributed by atoms with Crippen LogP contribution in [0.5, 0.6) is 5.75 Å². The molecule has 0 aliphatic carbocycles. The van der Waals surface area contributed by atoms with Crippen LogP contribution >= 0.6 is 11.6 Å². The zero-order valence-electron chi connectivity index (χ0n) is 10.5. The van der Waals surface area contributed by atoms with E-state index in [-0.39, 0.29) is 22.3 Å². The maximum Gasteiger partial charge on any atom is 0.416 e. The Kier molecular flexibility index (Phi) is 4.26. The molecule has 0 unspecified atom stereocenters. The molecule has 1 saturated heterocycles. The minimum atomic E-state index is -4.39. The van der Waals surface area contributed by atoms with Crippen molar-refractivity contribution in [2.45, 2.75) is 24.9 Å². The Bertz CT molecular complexity index is 456. The van der Waals surface area contributed by atoms with Crippen LogP contribution in [0.4, 0.5) is 13.2 Å². The second-order valence-electron chi connectivity index (χ2n) is 4.60. The zero-order chi connectivity index (χ0) is 14.0. The van der Waals surface area contributed by atoms with E-state index >= 15 is 0 Å². The van der Waals surface area contributed by atoms with Crippen LogP contribution < -0.4 is 10.1 Å². The van der Waals surface area contributed by atoms with Gasteiger partial charge in [-0.3, -0.25) is 0 Å². The lowest BCUT2D eigenvalue weighted by atomic mass is 9.87. The van der Waals surface area contributed by atoms with E-state index in [1.54, 1.807) is 0 Å². The molecule has 1 N–H and O–H groups in total. The van der Waals surface area contributed by atoms with Crippen molar-refractivity contribution in [2.24, 2.45) is 0 Å². The van der Waals surface area contributed by atoms with Crippen LogP contribution in [0.15, 0.2) is 12.1 Å². The molecule has 1 heterocycles. The molecule has 0 radical (unpaired) electrons.